The van der Waals surface area contributed by atoms with Crippen molar-refractivity contribution >= 4 is 6.03 Å². The van der Waals surface area contributed by atoms with Gasteiger partial charge in [-0.1, -0.05) is 30.3 Å². The molecule has 2 N–H and O–H groups in total. The highest BCUT2D eigenvalue weighted by molar-refractivity contribution is 5.73. The summed E-state index contributed by atoms with van der Waals surface area (Å²) in [7, 11) is 5.61. The Labute approximate surface area is 114 Å². The third kappa shape index (κ3) is 5.72. The molecule has 0 spiro atoms. The topological polar surface area (TPSA) is 53.6 Å². The van der Waals surface area contributed by atoms with E-state index in [0.29, 0.717) is 19.7 Å². The summed E-state index contributed by atoms with van der Waals surface area (Å²) in [6.07, 6.45) is 0. The summed E-state index contributed by atoms with van der Waals surface area (Å²) in [6.45, 7) is 1.60. The number of hydrogen-bond acceptors (Lipinski definition) is 3. The summed E-state index contributed by atoms with van der Waals surface area (Å²) in [4.78, 5) is 13.7. The van der Waals surface area contributed by atoms with Gasteiger partial charge in [-0.25, -0.2) is 4.79 Å². The molecule has 1 atom stereocenters. The maximum absolute atomic E-state index is 11.6. The molecule has 19 heavy (non-hydrogen) atoms. The average Bonchev–Trinajstić information content (AvgIpc) is 2.40. The molecule has 0 aliphatic carbocycles. The van der Waals surface area contributed by atoms with Crippen LogP contribution in [0.2, 0.25) is 0 Å². The smallest absolute Gasteiger partial charge is 0.314 e. The lowest BCUT2D eigenvalue weighted by molar-refractivity contribution is 0.194. The maximum Gasteiger partial charge on any atom is 0.314 e. The molecule has 0 heterocycles. The van der Waals surface area contributed by atoms with Crippen LogP contribution in [0, 0.1) is 0 Å². The molecule has 0 aromatic heterocycles. The fraction of sp³-hybridized carbons (Fsp3) is 0.500. The standard InChI is InChI=1S/C14H23N3O2/c1-17(2)13(12-7-5-4-6-8-12)11-16-14(18)15-9-10-19-3/h4-8,13H,9-11H2,1-3H3,(H2,15,16,18). The first kappa shape index (κ1) is 15.5. The molecule has 1 aromatic carbocycles. The molecule has 0 saturated carbocycles. The highest BCUT2D eigenvalue weighted by Crippen LogP contribution is 2.16. The van der Waals surface area contributed by atoms with E-state index in [-0.39, 0.29) is 12.1 Å². The van der Waals surface area contributed by atoms with Crippen molar-refractivity contribution < 1.29 is 9.53 Å². The van der Waals surface area contributed by atoms with E-state index in [9.17, 15) is 4.79 Å². The molecule has 5 heteroatoms. The van der Waals surface area contributed by atoms with Gasteiger partial charge in [0.2, 0.25) is 0 Å². The van der Waals surface area contributed by atoms with Gasteiger partial charge in [-0.3, -0.25) is 0 Å². The first-order valence-electron chi connectivity index (χ1n) is 6.37. The molecule has 0 bridgehead atoms. The monoisotopic (exact) mass is 265 g/mol. The van der Waals surface area contributed by atoms with Gasteiger partial charge in [0, 0.05) is 20.2 Å². The van der Waals surface area contributed by atoms with Crippen LogP contribution in [-0.2, 0) is 4.74 Å². The van der Waals surface area contributed by atoms with E-state index >= 15 is 0 Å². The highest BCUT2D eigenvalue weighted by atomic mass is 16.5. The SMILES string of the molecule is COCCNC(=O)NCC(c1ccccc1)N(C)C. The molecule has 0 saturated heterocycles. The minimum absolute atomic E-state index is 0.161. The first-order valence-corrected chi connectivity index (χ1v) is 6.37. The van der Waals surface area contributed by atoms with Crippen molar-refractivity contribution in [2.45, 2.75) is 6.04 Å². The number of carbonyl (C=O) groups is 1. The Bertz CT molecular complexity index is 368. The number of rotatable bonds is 7. The molecule has 1 aromatic rings. The van der Waals surface area contributed by atoms with Crippen LogP contribution in [0.5, 0.6) is 0 Å². The highest BCUT2D eigenvalue weighted by Gasteiger charge is 2.14. The number of amides is 2. The normalized spacial score (nSPS) is 12.2. The summed E-state index contributed by atoms with van der Waals surface area (Å²) < 4.78 is 4.87. The Balaban J connectivity index is 2.45. The average molecular weight is 265 g/mol. The molecule has 5 nitrogen and oxygen atoms in total. The fourth-order valence-corrected chi connectivity index (χ4v) is 1.79. The van der Waals surface area contributed by atoms with Gasteiger partial charge in [0.15, 0.2) is 0 Å². The first-order chi connectivity index (χ1) is 9.15. The minimum atomic E-state index is -0.167. The number of benzene rings is 1. The van der Waals surface area contributed by atoms with E-state index in [1.165, 1.54) is 5.56 Å². The van der Waals surface area contributed by atoms with Crippen molar-refractivity contribution in [3.05, 3.63) is 35.9 Å². The Kier molecular flexibility index (Phi) is 6.92. The number of nitrogens with zero attached hydrogens (tertiary/aromatic N) is 1. The summed E-state index contributed by atoms with van der Waals surface area (Å²) in [5, 5.41) is 5.61. The molecular formula is C14H23N3O2. The molecule has 1 rings (SSSR count). The van der Waals surface area contributed by atoms with Crippen LogP contribution in [0.4, 0.5) is 4.79 Å². The molecular weight excluding hydrogens is 242 g/mol. The van der Waals surface area contributed by atoms with E-state index in [1.54, 1.807) is 7.11 Å². The number of urea groups is 1. The van der Waals surface area contributed by atoms with Gasteiger partial charge < -0.3 is 20.3 Å². The van der Waals surface area contributed by atoms with Crippen molar-refractivity contribution in [1.29, 1.82) is 0 Å². The lowest BCUT2D eigenvalue weighted by Gasteiger charge is -2.25. The zero-order chi connectivity index (χ0) is 14.1. The lowest BCUT2D eigenvalue weighted by Crippen LogP contribution is -2.41. The second kappa shape index (κ2) is 8.50. The molecule has 1 unspecified atom stereocenters. The van der Waals surface area contributed by atoms with Crippen molar-refractivity contribution in [3.63, 3.8) is 0 Å². The van der Waals surface area contributed by atoms with Crippen molar-refractivity contribution in [2.75, 3.05) is 40.9 Å². The zero-order valence-electron chi connectivity index (χ0n) is 11.8. The molecule has 0 aliphatic rings. The number of ether oxygens (including phenoxy) is 1. The van der Waals surface area contributed by atoms with Crippen LogP contribution >= 0.6 is 0 Å². The van der Waals surface area contributed by atoms with Gasteiger partial charge in [-0.15, -0.1) is 0 Å². The van der Waals surface area contributed by atoms with Gasteiger partial charge in [0.25, 0.3) is 0 Å². The molecule has 106 valence electrons. The molecule has 2 amide bonds. The van der Waals surface area contributed by atoms with Gasteiger partial charge in [-0.05, 0) is 19.7 Å². The third-order valence-electron chi connectivity index (χ3n) is 2.86. The second-order valence-electron chi connectivity index (χ2n) is 4.52. The van der Waals surface area contributed by atoms with Crippen LogP contribution in [0.15, 0.2) is 30.3 Å². The molecule has 0 aliphatic heterocycles. The largest absolute Gasteiger partial charge is 0.383 e. The number of nitrogens with one attached hydrogen (secondary N) is 2. The Morgan fingerprint density at radius 1 is 1.26 bits per heavy atom. The van der Waals surface area contributed by atoms with E-state index in [1.807, 2.05) is 32.3 Å². The van der Waals surface area contributed by atoms with Gasteiger partial charge in [-0.2, -0.15) is 0 Å². The lowest BCUT2D eigenvalue weighted by atomic mass is 10.1. The predicted octanol–water partition coefficient (Wildman–Crippen LogP) is 1.23. The Morgan fingerprint density at radius 2 is 1.95 bits per heavy atom. The van der Waals surface area contributed by atoms with Gasteiger partial charge in [0.05, 0.1) is 12.6 Å². The maximum atomic E-state index is 11.6. The summed E-state index contributed by atoms with van der Waals surface area (Å²) in [5.74, 6) is 0. The van der Waals surface area contributed by atoms with Crippen LogP contribution in [0.3, 0.4) is 0 Å². The molecule has 0 fully saturated rings. The summed E-state index contributed by atoms with van der Waals surface area (Å²) in [6, 6.07) is 10.1. The molecule has 0 radical (unpaired) electrons. The van der Waals surface area contributed by atoms with Crippen LogP contribution in [0.25, 0.3) is 0 Å². The van der Waals surface area contributed by atoms with E-state index in [4.69, 9.17) is 4.74 Å². The van der Waals surface area contributed by atoms with Crippen molar-refractivity contribution in [1.82, 2.24) is 15.5 Å². The van der Waals surface area contributed by atoms with E-state index in [2.05, 4.69) is 27.7 Å². The second-order valence-corrected chi connectivity index (χ2v) is 4.52. The van der Waals surface area contributed by atoms with Crippen LogP contribution < -0.4 is 10.6 Å². The van der Waals surface area contributed by atoms with Gasteiger partial charge in [0.1, 0.15) is 0 Å². The van der Waals surface area contributed by atoms with E-state index < -0.39 is 0 Å². The summed E-state index contributed by atoms with van der Waals surface area (Å²) in [5.41, 5.74) is 1.18. The predicted molar refractivity (Wildman–Crippen MR) is 76.1 cm³/mol. The van der Waals surface area contributed by atoms with Crippen LogP contribution in [-0.4, -0.2) is 51.8 Å². The minimum Gasteiger partial charge on any atom is -0.383 e. The number of likely N-dealkylation sites (N-methyl/N-ethyl adjacent to an activating group) is 1. The number of methoxy groups -OCH3 is 1. The zero-order valence-corrected chi connectivity index (χ0v) is 11.8. The van der Waals surface area contributed by atoms with Crippen LogP contribution in [0.1, 0.15) is 11.6 Å². The quantitative estimate of drug-likeness (QED) is 0.729. The Morgan fingerprint density at radius 3 is 2.53 bits per heavy atom. The summed E-state index contributed by atoms with van der Waals surface area (Å²) >= 11 is 0. The third-order valence-corrected chi connectivity index (χ3v) is 2.86. The van der Waals surface area contributed by atoms with Crippen molar-refractivity contribution in [3.8, 4) is 0 Å². The van der Waals surface area contributed by atoms with Gasteiger partial charge >= 0.3 is 6.03 Å². The van der Waals surface area contributed by atoms with E-state index in [0.717, 1.165) is 0 Å². The number of carbonyl (C=O) groups excluding carboxylic acids is 1. The fourth-order valence-electron chi connectivity index (χ4n) is 1.79. The Hall–Kier alpha value is -1.59. The van der Waals surface area contributed by atoms with Crippen molar-refractivity contribution in [2.24, 2.45) is 0 Å². The number of hydrogen-bond donors (Lipinski definition) is 2.